The van der Waals surface area contributed by atoms with Crippen molar-refractivity contribution >= 4 is 10.0 Å². The van der Waals surface area contributed by atoms with Gasteiger partial charge in [0, 0.05) is 19.6 Å². The lowest BCUT2D eigenvalue weighted by Gasteiger charge is -2.16. The van der Waals surface area contributed by atoms with E-state index in [1.807, 2.05) is 19.1 Å². The molecule has 1 saturated heterocycles. The Morgan fingerprint density at radius 3 is 2.62 bits per heavy atom. The second-order valence-electron chi connectivity index (χ2n) is 5.33. The summed E-state index contributed by atoms with van der Waals surface area (Å²) in [6.07, 6.45) is 2.44. The second kappa shape index (κ2) is 7.89. The highest BCUT2D eigenvalue weighted by atomic mass is 32.2. The van der Waals surface area contributed by atoms with Crippen molar-refractivity contribution in [3.63, 3.8) is 0 Å². The van der Waals surface area contributed by atoms with Crippen LogP contribution in [0, 0.1) is 0 Å². The van der Waals surface area contributed by atoms with Gasteiger partial charge in [-0.2, -0.15) is 0 Å². The first-order valence-corrected chi connectivity index (χ1v) is 9.12. The number of nitrogens with one attached hydrogen (secondary N) is 2. The van der Waals surface area contributed by atoms with Gasteiger partial charge in [0.1, 0.15) is 0 Å². The van der Waals surface area contributed by atoms with Crippen molar-refractivity contribution in [3.8, 4) is 0 Å². The summed E-state index contributed by atoms with van der Waals surface area (Å²) in [5, 5.41) is 3.18. The Morgan fingerprint density at radius 2 is 1.90 bits per heavy atom. The monoisotopic (exact) mass is 311 g/mol. The summed E-state index contributed by atoms with van der Waals surface area (Å²) >= 11 is 0. The molecule has 21 heavy (non-hydrogen) atoms. The number of nitrogens with zero attached hydrogens (tertiary/aromatic N) is 1. The Balaban J connectivity index is 1.97. The van der Waals surface area contributed by atoms with Gasteiger partial charge in [-0.3, -0.25) is 0 Å². The molecule has 1 aliphatic heterocycles. The highest BCUT2D eigenvalue weighted by molar-refractivity contribution is 7.89. The number of benzene rings is 1. The smallest absolute Gasteiger partial charge is 0.240 e. The summed E-state index contributed by atoms with van der Waals surface area (Å²) < 4.78 is 27.6. The van der Waals surface area contributed by atoms with Crippen molar-refractivity contribution in [2.24, 2.45) is 0 Å². The minimum Gasteiger partial charge on any atom is -0.313 e. The van der Waals surface area contributed by atoms with Crippen molar-refractivity contribution in [1.29, 1.82) is 0 Å². The van der Waals surface area contributed by atoms with Crippen molar-refractivity contribution in [3.05, 3.63) is 29.8 Å². The molecule has 0 bridgehead atoms. The molecule has 0 saturated carbocycles. The minimum absolute atomic E-state index is 0.382. The molecule has 5 nitrogen and oxygen atoms in total. The van der Waals surface area contributed by atoms with Crippen LogP contribution in [0.4, 0.5) is 0 Å². The first kappa shape index (κ1) is 16.4. The first-order chi connectivity index (χ1) is 10.1. The lowest BCUT2D eigenvalue weighted by molar-refractivity contribution is 0.344. The highest BCUT2D eigenvalue weighted by Crippen LogP contribution is 2.15. The van der Waals surface area contributed by atoms with Crippen molar-refractivity contribution in [2.45, 2.75) is 31.2 Å². The van der Waals surface area contributed by atoms with E-state index in [-0.39, 0.29) is 0 Å². The number of likely N-dealkylation sites (tertiary alicyclic amines) is 1. The van der Waals surface area contributed by atoms with Gasteiger partial charge in [-0.15, -0.1) is 0 Å². The van der Waals surface area contributed by atoms with Gasteiger partial charge >= 0.3 is 0 Å². The second-order valence-corrected chi connectivity index (χ2v) is 7.07. The third-order valence-electron chi connectivity index (χ3n) is 3.75. The van der Waals surface area contributed by atoms with E-state index in [9.17, 15) is 8.42 Å². The van der Waals surface area contributed by atoms with Gasteiger partial charge in [0.05, 0.1) is 4.90 Å². The molecular weight excluding hydrogens is 286 g/mol. The maximum absolute atomic E-state index is 12.4. The van der Waals surface area contributed by atoms with E-state index in [4.69, 9.17) is 0 Å². The van der Waals surface area contributed by atoms with Gasteiger partial charge in [0.15, 0.2) is 0 Å². The largest absolute Gasteiger partial charge is 0.313 e. The van der Waals surface area contributed by atoms with E-state index >= 15 is 0 Å². The average Bonchev–Trinajstić information content (AvgIpc) is 2.98. The fraction of sp³-hybridized carbons (Fsp3) is 0.600. The predicted molar refractivity (Wildman–Crippen MR) is 84.7 cm³/mol. The van der Waals surface area contributed by atoms with E-state index in [0.717, 1.165) is 31.7 Å². The number of hydrogen-bond acceptors (Lipinski definition) is 4. The van der Waals surface area contributed by atoms with Gasteiger partial charge in [-0.1, -0.05) is 25.1 Å². The lowest BCUT2D eigenvalue weighted by Crippen LogP contribution is -2.34. The average molecular weight is 311 g/mol. The Bertz CT molecular complexity index is 540. The summed E-state index contributed by atoms with van der Waals surface area (Å²) in [6, 6.07) is 7.17. The van der Waals surface area contributed by atoms with Crippen LogP contribution in [0.15, 0.2) is 29.2 Å². The molecule has 1 aromatic rings. The van der Waals surface area contributed by atoms with Crippen LogP contribution in [0.5, 0.6) is 0 Å². The molecule has 0 amide bonds. The number of sulfonamides is 1. The van der Waals surface area contributed by atoms with E-state index in [2.05, 4.69) is 14.9 Å². The maximum Gasteiger partial charge on any atom is 0.240 e. The Kier molecular flexibility index (Phi) is 6.17. The normalized spacial score (nSPS) is 16.4. The molecule has 0 atom stereocenters. The Labute approximate surface area is 127 Å². The van der Waals surface area contributed by atoms with Crippen LogP contribution in [0.3, 0.4) is 0 Å². The van der Waals surface area contributed by atoms with Crippen LogP contribution in [-0.2, 0) is 16.6 Å². The minimum atomic E-state index is -3.43. The zero-order valence-electron chi connectivity index (χ0n) is 12.6. The summed E-state index contributed by atoms with van der Waals surface area (Å²) in [4.78, 5) is 2.68. The fourth-order valence-corrected chi connectivity index (χ4v) is 3.85. The Hall–Kier alpha value is -0.950. The molecule has 1 aromatic carbocycles. The summed E-state index contributed by atoms with van der Waals surface area (Å²) in [5.74, 6) is 0. The van der Waals surface area contributed by atoms with Crippen LogP contribution in [-0.4, -0.2) is 46.0 Å². The van der Waals surface area contributed by atoms with Gasteiger partial charge in [-0.25, -0.2) is 13.1 Å². The van der Waals surface area contributed by atoms with E-state index in [1.165, 1.54) is 12.8 Å². The fourth-order valence-electron chi connectivity index (χ4n) is 2.59. The summed E-state index contributed by atoms with van der Waals surface area (Å²) in [6.45, 7) is 6.81. The summed E-state index contributed by atoms with van der Waals surface area (Å²) in [5.41, 5.74) is 0.813. The zero-order chi connectivity index (χ0) is 15.1. The summed E-state index contributed by atoms with van der Waals surface area (Å²) in [7, 11) is -3.43. The molecule has 0 spiro atoms. The molecule has 0 aromatic heterocycles. The van der Waals surface area contributed by atoms with Crippen molar-refractivity contribution < 1.29 is 8.42 Å². The molecule has 1 aliphatic rings. The third kappa shape index (κ3) is 4.78. The zero-order valence-corrected chi connectivity index (χ0v) is 13.5. The molecule has 2 rings (SSSR count). The first-order valence-electron chi connectivity index (χ1n) is 7.64. The third-order valence-corrected chi connectivity index (χ3v) is 5.31. The van der Waals surface area contributed by atoms with Gasteiger partial charge in [0.25, 0.3) is 0 Å². The SMILES string of the molecule is CCNCc1ccccc1S(=O)(=O)NCCN1CCCC1. The van der Waals surface area contributed by atoms with Crippen LogP contribution in [0.25, 0.3) is 0 Å². The molecule has 0 radical (unpaired) electrons. The molecule has 2 N–H and O–H groups in total. The molecular formula is C15H25N3O2S. The molecule has 118 valence electrons. The molecule has 6 heteroatoms. The quantitative estimate of drug-likeness (QED) is 0.756. The number of hydrogen-bond donors (Lipinski definition) is 2. The van der Waals surface area contributed by atoms with Gasteiger partial charge in [0.2, 0.25) is 10.0 Å². The Morgan fingerprint density at radius 1 is 1.19 bits per heavy atom. The van der Waals surface area contributed by atoms with Crippen LogP contribution >= 0.6 is 0 Å². The van der Waals surface area contributed by atoms with Crippen LogP contribution < -0.4 is 10.0 Å². The maximum atomic E-state index is 12.4. The van der Waals surface area contributed by atoms with Crippen molar-refractivity contribution in [2.75, 3.05) is 32.7 Å². The molecule has 0 aliphatic carbocycles. The van der Waals surface area contributed by atoms with Crippen molar-refractivity contribution in [1.82, 2.24) is 14.9 Å². The lowest BCUT2D eigenvalue weighted by atomic mass is 10.2. The molecule has 1 fully saturated rings. The predicted octanol–water partition coefficient (Wildman–Crippen LogP) is 1.17. The van der Waals surface area contributed by atoms with Gasteiger partial charge < -0.3 is 10.2 Å². The topological polar surface area (TPSA) is 61.4 Å². The van der Waals surface area contributed by atoms with E-state index in [1.54, 1.807) is 12.1 Å². The highest BCUT2D eigenvalue weighted by Gasteiger charge is 2.18. The van der Waals surface area contributed by atoms with Crippen LogP contribution in [0.2, 0.25) is 0 Å². The standard InChI is InChI=1S/C15H25N3O2S/c1-2-16-13-14-7-3-4-8-15(14)21(19,20)17-9-12-18-10-5-6-11-18/h3-4,7-8,16-17H,2,5-6,9-13H2,1H3. The molecule has 1 heterocycles. The van der Waals surface area contributed by atoms with E-state index in [0.29, 0.717) is 18.0 Å². The van der Waals surface area contributed by atoms with E-state index < -0.39 is 10.0 Å². The van der Waals surface area contributed by atoms with Crippen LogP contribution in [0.1, 0.15) is 25.3 Å². The number of rotatable bonds is 8. The molecule has 0 unspecified atom stereocenters. The van der Waals surface area contributed by atoms with Gasteiger partial charge in [-0.05, 0) is 44.1 Å².